The van der Waals surface area contributed by atoms with Crippen molar-refractivity contribution in [1.82, 2.24) is 15.2 Å². The van der Waals surface area contributed by atoms with Gasteiger partial charge >= 0.3 is 0 Å². The summed E-state index contributed by atoms with van der Waals surface area (Å²) >= 11 is 0. The van der Waals surface area contributed by atoms with E-state index in [-0.39, 0.29) is 5.56 Å². The lowest BCUT2D eigenvalue weighted by Gasteiger charge is -2.01. The molecule has 2 aromatic rings. The van der Waals surface area contributed by atoms with Crippen LogP contribution in [-0.2, 0) is 6.54 Å². The zero-order chi connectivity index (χ0) is 10.7. The zero-order valence-corrected chi connectivity index (χ0v) is 8.15. The lowest BCUT2D eigenvalue weighted by molar-refractivity contribution is 0.517. The van der Waals surface area contributed by atoms with Gasteiger partial charge in [-0.2, -0.15) is 0 Å². The Hall–Kier alpha value is -2.11. The van der Waals surface area contributed by atoms with E-state index in [1.807, 2.05) is 6.07 Å². The first-order valence-corrected chi connectivity index (χ1v) is 4.45. The molecule has 0 aliphatic carbocycles. The van der Waals surface area contributed by atoms with Gasteiger partial charge in [-0.25, -0.2) is 0 Å². The fraction of sp³-hybridized carbons (Fsp3) is 0.222. The topological polar surface area (TPSA) is 83.8 Å². The molecule has 0 atom stereocenters. The van der Waals surface area contributed by atoms with Gasteiger partial charge in [0.15, 0.2) is 0 Å². The number of hydrogen-bond donors (Lipinski definition) is 2. The van der Waals surface area contributed by atoms with E-state index in [0.29, 0.717) is 18.2 Å². The molecule has 2 rings (SSSR count). The molecular formula is C9H10N4O2. The Balaban J connectivity index is 2.06. The molecule has 0 amide bonds. The summed E-state index contributed by atoms with van der Waals surface area (Å²) < 4.78 is 5.11. The Kier molecular flexibility index (Phi) is 2.49. The quantitative estimate of drug-likeness (QED) is 0.771. The third-order valence-corrected chi connectivity index (χ3v) is 1.87. The minimum absolute atomic E-state index is 0.244. The molecule has 2 N–H and O–H groups in total. The fourth-order valence-corrected chi connectivity index (χ4v) is 1.06. The second kappa shape index (κ2) is 3.95. The highest BCUT2D eigenvalue weighted by Gasteiger charge is 2.00. The molecule has 0 bridgehead atoms. The lowest BCUT2D eigenvalue weighted by atomic mass is 10.4. The maximum atomic E-state index is 11.2. The largest absolute Gasteiger partial charge is 0.467 e. The van der Waals surface area contributed by atoms with Crippen LogP contribution in [-0.4, -0.2) is 15.2 Å². The second-order valence-corrected chi connectivity index (χ2v) is 3.02. The van der Waals surface area contributed by atoms with Crippen molar-refractivity contribution >= 4 is 5.95 Å². The van der Waals surface area contributed by atoms with Crippen molar-refractivity contribution in [3.63, 3.8) is 0 Å². The first-order valence-electron chi connectivity index (χ1n) is 4.45. The Labute approximate surface area is 85.4 Å². The molecule has 0 aliphatic heterocycles. The molecule has 0 fully saturated rings. The van der Waals surface area contributed by atoms with Crippen LogP contribution in [0.25, 0.3) is 0 Å². The predicted molar refractivity (Wildman–Crippen MR) is 53.4 cm³/mol. The predicted octanol–water partition coefficient (Wildman–Crippen LogP) is 0.678. The summed E-state index contributed by atoms with van der Waals surface area (Å²) in [6.45, 7) is 2.06. The van der Waals surface area contributed by atoms with Gasteiger partial charge in [0.2, 0.25) is 5.95 Å². The second-order valence-electron chi connectivity index (χ2n) is 3.02. The van der Waals surface area contributed by atoms with Gasteiger partial charge in [0.1, 0.15) is 11.5 Å². The maximum Gasteiger partial charge on any atom is 0.273 e. The number of aromatic nitrogens is 3. The Morgan fingerprint density at radius 1 is 1.53 bits per heavy atom. The average molecular weight is 206 g/mol. The molecule has 15 heavy (non-hydrogen) atoms. The SMILES string of the molecule is Cc1nnc(NCc2ccco2)[nH]c1=O. The molecule has 0 aliphatic rings. The Morgan fingerprint density at radius 2 is 2.40 bits per heavy atom. The van der Waals surface area contributed by atoms with Crippen LogP contribution < -0.4 is 10.9 Å². The number of nitrogens with one attached hydrogen (secondary N) is 2. The summed E-state index contributed by atoms with van der Waals surface area (Å²) in [7, 11) is 0. The molecule has 0 spiro atoms. The average Bonchev–Trinajstić information content (AvgIpc) is 2.73. The van der Waals surface area contributed by atoms with Crippen molar-refractivity contribution in [2.75, 3.05) is 5.32 Å². The van der Waals surface area contributed by atoms with E-state index in [9.17, 15) is 4.79 Å². The summed E-state index contributed by atoms with van der Waals surface area (Å²) in [5, 5.41) is 10.4. The monoisotopic (exact) mass is 206 g/mol. The van der Waals surface area contributed by atoms with E-state index < -0.39 is 0 Å². The lowest BCUT2D eigenvalue weighted by Crippen LogP contribution is -2.16. The van der Waals surface area contributed by atoms with Gasteiger partial charge in [-0.15, -0.1) is 10.2 Å². The molecule has 0 unspecified atom stereocenters. The molecule has 6 heteroatoms. The summed E-state index contributed by atoms with van der Waals surface area (Å²) in [5.41, 5.74) is 0.102. The van der Waals surface area contributed by atoms with Crippen LogP contribution in [0.4, 0.5) is 5.95 Å². The maximum absolute atomic E-state index is 11.2. The summed E-state index contributed by atoms with van der Waals surface area (Å²) in [5.74, 6) is 1.10. The van der Waals surface area contributed by atoms with Gasteiger partial charge in [-0.3, -0.25) is 9.78 Å². The molecule has 0 radical (unpaired) electrons. The number of aromatic amines is 1. The highest BCUT2D eigenvalue weighted by atomic mass is 16.3. The Morgan fingerprint density at radius 3 is 3.07 bits per heavy atom. The summed E-state index contributed by atoms with van der Waals surface area (Å²) in [6, 6.07) is 3.62. The van der Waals surface area contributed by atoms with Crippen molar-refractivity contribution in [2.24, 2.45) is 0 Å². The minimum atomic E-state index is -0.244. The standard InChI is InChI=1S/C9H10N4O2/c1-6-8(14)11-9(13-12-6)10-5-7-3-2-4-15-7/h2-4H,5H2,1H3,(H2,10,11,13,14). The summed E-state index contributed by atoms with van der Waals surface area (Å²) in [6.07, 6.45) is 1.58. The number of hydrogen-bond acceptors (Lipinski definition) is 5. The van der Waals surface area contributed by atoms with Crippen LogP contribution in [0.15, 0.2) is 27.6 Å². The van der Waals surface area contributed by atoms with Crippen molar-refractivity contribution < 1.29 is 4.42 Å². The molecule has 78 valence electrons. The van der Waals surface area contributed by atoms with Crippen molar-refractivity contribution in [2.45, 2.75) is 13.5 Å². The van der Waals surface area contributed by atoms with Crippen molar-refractivity contribution in [3.05, 3.63) is 40.2 Å². The molecule has 0 saturated carbocycles. The van der Waals surface area contributed by atoms with Crippen LogP contribution in [0.3, 0.4) is 0 Å². The number of nitrogens with zero attached hydrogens (tertiary/aromatic N) is 2. The van der Waals surface area contributed by atoms with E-state index in [0.717, 1.165) is 5.76 Å². The smallest absolute Gasteiger partial charge is 0.273 e. The molecule has 0 aromatic carbocycles. The van der Waals surface area contributed by atoms with Crippen LogP contribution >= 0.6 is 0 Å². The van der Waals surface area contributed by atoms with Gasteiger partial charge in [-0.05, 0) is 19.1 Å². The van der Waals surface area contributed by atoms with Crippen LogP contribution in [0.2, 0.25) is 0 Å². The fourth-order valence-electron chi connectivity index (χ4n) is 1.06. The van der Waals surface area contributed by atoms with Crippen LogP contribution in [0.1, 0.15) is 11.5 Å². The normalized spacial score (nSPS) is 10.2. The first kappa shape index (κ1) is 9.45. The van der Waals surface area contributed by atoms with E-state index in [1.54, 1.807) is 19.3 Å². The van der Waals surface area contributed by atoms with E-state index in [2.05, 4.69) is 20.5 Å². The van der Waals surface area contributed by atoms with Crippen molar-refractivity contribution in [3.8, 4) is 0 Å². The molecule has 2 heterocycles. The van der Waals surface area contributed by atoms with E-state index in [1.165, 1.54) is 0 Å². The van der Waals surface area contributed by atoms with Gasteiger partial charge in [0, 0.05) is 0 Å². The first-order chi connectivity index (χ1) is 7.25. The van der Waals surface area contributed by atoms with Crippen LogP contribution in [0.5, 0.6) is 0 Å². The third-order valence-electron chi connectivity index (χ3n) is 1.87. The van der Waals surface area contributed by atoms with Crippen LogP contribution in [0, 0.1) is 6.92 Å². The number of aryl methyl sites for hydroxylation is 1. The molecule has 6 nitrogen and oxygen atoms in total. The van der Waals surface area contributed by atoms with Gasteiger partial charge in [0.05, 0.1) is 12.8 Å². The van der Waals surface area contributed by atoms with Gasteiger partial charge < -0.3 is 9.73 Å². The number of anilines is 1. The van der Waals surface area contributed by atoms with Gasteiger partial charge in [-0.1, -0.05) is 0 Å². The van der Waals surface area contributed by atoms with Crippen molar-refractivity contribution in [1.29, 1.82) is 0 Å². The highest BCUT2D eigenvalue weighted by Crippen LogP contribution is 2.02. The minimum Gasteiger partial charge on any atom is -0.467 e. The zero-order valence-electron chi connectivity index (χ0n) is 8.15. The summed E-state index contributed by atoms with van der Waals surface area (Å²) in [4.78, 5) is 13.7. The van der Waals surface area contributed by atoms with Gasteiger partial charge in [0.25, 0.3) is 5.56 Å². The van der Waals surface area contributed by atoms with E-state index in [4.69, 9.17) is 4.42 Å². The Bertz CT molecular complexity index is 489. The number of rotatable bonds is 3. The third kappa shape index (κ3) is 2.22. The molecule has 2 aromatic heterocycles. The van der Waals surface area contributed by atoms with E-state index >= 15 is 0 Å². The number of furan rings is 1. The molecular weight excluding hydrogens is 196 g/mol. The highest BCUT2D eigenvalue weighted by molar-refractivity contribution is 5.22. The molecule has 0 saturated heterocycles. The number of H-pyrrole nitrogens is 1.